The number of hydrogen-bond donors (Lipinski definition) is 2. The summed E-state index contributed by atoms with van der Waals surface area (Å²) >= 11 is 0. The number of hydrogen-bond acceptors (Lipinski definition) is 3. The summed E-state index contributed by atoms with van der Waals surface area (Å²) in [5.74, 6) is 0. The average Bonchev–Trinajstić information content (AvgIpc) is 3.03. The van der Waals surface area contributed by atoms with E-state index in [4.69, 9.17) is 0 Å². The number of rotatable bonds is 4. The quantitative estimate of drug-likeness (QED) is 0.842. The predicted molar refractivity (Wildman–Crippen MR) is 99.8 cm³/mol. The molecule has 0 radical (unpaired) electrons. The van der Waals surface area contributed by atoms with Crippen LogP contribution in [0.2, 0.25) is 0 Å². The summed E-state index contributed by atoms with van der Waals surface area (Å²) in [6.45, 7) is 10.5. The maximum Gasteiger partial charge on any atom is 0.322 e. The predicted octanol–water partition coefficient (Wildman–Crippen LogP) is 3.32. The van der Waals surface area contributed by atoms with Crippen LogP contribution in [0.15, 0.2) is 55.7 Å². The van der Waals surface area contributed by atoms with Crippen molar-refractivity contribution in [2.24, 2.45) is 0 Å². The highest BCUT2D eigenvalue weighted by molar-refractivity contribution is 5.91. The first-order chi connectivity index (χ1) is 12.1. The van der Waals surface area contributed by atoms with E-state index in [1.165, 1.54) is 0 Å². The van der Waals surface area contributed by atoms with Crippen molar-refractivity contribution in [1.29, 1.82) is 0 Å². The third-order valence-corrected chi connectivity index (χ3v) is 4.24. The average molecular weight is 335 g/mol. The highest BCUT2D eigenvalue weighted by Crippen LogP contribution is 2.28. The first-order valence-electron chi connectivity index (χ1n) is 8.13. The molecule has 1 aliphatic rings. The van der Waals surface area contributed by atoms with Gasteiger partial charge in [0.05, 0.1) is 5.69 Å². The van der Waals surface area contributed by atoms with Gasteiger partial charge in [-0.2, -0.15) is 0 Å². The Bertz CT molecular complexity index is 890. The maximum absolute atomic E-state index is 12.3. The summed E-state index contributed by atoms with van der Waals surface area (Å²) in [5.41, 5.74) is 4.69. The normalized spacial score (nSPS) is 15.0. The van der Waals surface area contributed by atoms with Gasteiger partial charge < -0.3 is 15.2 Å². The Kier molecular flexibility index (Phi) is 4.79. The number of nitrogens with zero attached hydrogens (tertiary/aromatic N) is 3. The van der Waals surface area contributed by atoms with Gasteiger partial charge in [0.15, 0.2) is 0 Å². The Morgan fingerprint density at radius 3 is 2.92 bits per heavy atom. The molecule has 0 aromatic carbocycles. The second-order valence-electron chi connectivity index (χ2n) is 5.83. The number of aromatic nitrogens is 3. The topological polar surface area (TPSA) is 73.9 Å². The van der Waals surface area contributed by atoms with Crippen LogP contribution in [0, 0.1) is 6.92 Å². The molecule has 6 nitrogen and oxygen atoms in total. The van der Waals surface area contributed by atoms with E-state index in [9.17, 15) is 4.79 Å². The third kappa shape index (κ3) is 3.38. The first kappa shape index (κ1) is 16.7. The number of nitrogens with one attached hydrogen (secondary N) is 2. The zero-order chi connectivity index (χ0) is 17.8. The number of urea groups is 1. The molecule has 0 bridgehead atoms. The summed E-state index contributed by atoms with van der Waals surface area (Å²) in [5, 5.41) is 3.88. The molecule has 3 heterocycles. The zero-order valence-corrected chi connectivity index (χ0v) is 14.2. The Hall–Kier alpha value is -3.15. The Morgan fingerprint density at radius 2 is 2.24 bits per heavy atom. The number of amides is 2. The van der Waals surface area contributed by atoms with Crippen molar-refractivity contribution < 1.29 is 4.79 Å². The molecule has 0 fully saturated rings. The molecule has 25 heavy (non-hydrogen) atoms. The summed E-state index contributed by atoms with van der Waals surface area (Å²) in [7, 11) is 0. The molecule has 2 amide bonds. The van der Waals surface area contributed by atoms with Crippen molar-refractivity contribution in [2.45, 2.75) is 13.3 Å². The highest BCUT2D eigenvalue weighted by Gasteiger charge is 2.20. The van der Waals surface area contributed by atoms with Crippen LogP contribution in [0.5, 0.6) is 0 Å². The van der Waals surface area contributed by atoms with Crippen LogP contribution in [-0.2, 0) is 0 Å². The number of allylic oxidation sites excluding steroid dienone is 3. The molecular formula is C19H21N5O. The minimum absolute atomic E-state index is 0.144. The second-order valence-corrected chi connectivity index (χ2v) is 5.83. The summed E-state index contributed by atoms with van der Waals surface area (Å²) in [6.07, 6.45) is 11.2. The van der Waals surface area contributed by atoms with Crippen LogP contribution < -0.4 is 5.32 Å². The van der Waals surface area contributed by atoms with Crippen LogP contribution in [0.25, 0.3) is 16.6 Å². The molecule has 2 N–H and O–H groups in total. The van der Waals surface area contributed by atoms with Crippen molar-refractivity contribution in [3.63, 3.8) is 0 Å². The second kappa shape index (κ2) is 7.17. The van der Waals surface area contributed by atoms with Gasteiger partial charge in [0.2, 0.25) is 0 Å². The molecule has 0 saturated heterocycles. The largest absolute Gasteiger partial charge is 0.346 e. The minimum Gasteiger partial charge on any atom is -0.346 e. The van der Waals surface area contributed by atoms with E-state index in [2.05, 4.69) is 39.5 Å². The van der Waals surface area contributed by atoms with E-state index in [0.717, 1.165) is 34.3 Å². The van der Waals surface area contributed by atoms with Crippen molar-refractivity contribution in [3.05, 3.63) is 66.9 Å². The Morgan fingerprint density at radius 1 is 1.40 bits per heavy atom. The fourth-order valence-corrected chi connectivity index (χ4v) is 2.92. The molecule has 2 aromatic heterocycles. The lowest BCUT2D eigenvalue weighted by atomic mass is 10.0. The zero-order valence-electron chi connectivity index (χ0n) is 14.2. The molecule has 0 spiro atoms. The third-order valence-electron chi connectivity index (χ3n) is 4.24. The van der Waals surface area contributed by atoms with E-state index in [1.54, 1.807) is 29.5 Å². The minimum atomic E-state index is -0.144. The summed E-state index contributed by atoms with van der Waals surface area (Å²) in [6, 6.07) is -0.144. The molecular weight excluding hydrogens is 314 g/mol. The lowest BCUT2D eigenvalue weighted by molar-refractivity contribution is 0.206. The van der Waals surface area contributed by atoms with Gasteiger partial charge in [0.1, 0.15) is 12.0 Å². The van der Waals surface area contributed by atoms with Crippen LogP contribution in [-0.4, -0.2) is 39.0 Å². The highest BCUT2D eigenvalue weighted by atomic mass is 16.2. The van der Waals surface area contributed by atoms with Crippen molar-refractivity contribution in [3.8, 4) is 0 Å². The number of carbonyl (C=O) groups excluding carboxylic acids is 1. The molecule has 6 heteroatoms. The summed E-state index contributed by atoms with van der Waals surface area (Å²) < 4.78 is 0. The number of H-pyrrole nitrogens is 1. The van der Waals surface area contributed by atoms with Crippen LogP contribution in [0.1, 0.15) is 17.7 Å². The molecule has 2 aromatic rings. The Labute approximate surface area is 146 Å². The van der Waals surface area contributed by atoms with Crippen LogP contribution in [0.3, 0.4) is 0 Å². The lowest BCUT2D eigenvalue weighted by Gasteiger charge is -2.27. The molecule has 0 unspecified atom stereocenters. The number of aromatic amines is 1. The SMILES string of the molecule is C=C/C=C(\C=C)NC(=O)N1CC=C(c2ncnc3[nH]cc(C)c23)CC1. The van der Waals surface area contributed by atoms with E-state index in [1.807, 2.05) is 13.1 Å². The van der Waals surface area contributed by atoms with Crippen molar-refractivity contribution in [1.82, 2.24) is 25.2 Å². The van der Waals surface area contributed by atoms with E-state index < -0.39 is 0 Å². The van der Waals surface area contributed by atoms with Gasteiger partial charge in [-0.15, -0.1) is 0 Å². The molecule has 0 saturated carbocycles. The van der Waals surface area contributed by atoms with Gasteiger partial charge in [-0.05, 0) is 36.6 Å². The smallest absolute Gasteiger partial charge is 0.322 e. The fraction of sp³-hybridized carbons (Fsp3) is 0.211. The molecule has 1 aliphatic heterocycles. The number of aryl methyl sites for hydroxylation is 1. The number of fused-ring (bicyclic) bond motifs is 1. The van der Waals surface area contributed by atoms with Crippen molar-refractivity contribution in [2.75, 3.05) is 13.1 Å². The van der Waals surface area contributed by atoms with Crippen LogP contribution >= 0.6 is 0 Å². The monoisotopic (exact) mass is 335 g/mol. The van der Waals surface area contributed by atoms with E-state index in [-0.39, 0.29) is 6.03 Å². The first-order valence-corrected chi connectivity index (χ1v) is 8.13. The molecule has 0 aliphatic carbocycles. The fourth-order valence-electron chi connectivity index (χ4n) is 2.92. The van der Waals surface area contributed by atoms with Gasteiger partial charge in [-0.25, -0.2) is 14.8 Å². The maximum atomic E-state index is 12.3. The lowest BCUT2D eigenvalue weighted by Crippen LogP contribution is -2.41. The molecule has 0 atom stereocenters. The summed E-state index contributed by atoms with van der Waals surface area (Å²) in [4.78, 5) is 26.0. The van der Waals surface area contributed by atoms with Crippen molar-refractivity contribution >= 4 is 22.6 Å². The van der Waals surface area contributed by atoms with E-state index in [0.29, 0.717) is 18.8 Å². The van der Waals surface area contributed by atoms with Gasteiger partial charge >= 0.3 is 6.03 Å². The molecule has 3 rings (SSSR count). The Balaban J connectivity index is 1.77. The van der Waals surface area contributed by atoms with Gasteiger partial charge in [0, 0.05) is 30.4 Å². The van der Waals surface area contributed by atoms with Crippen LogP contribution in [0.4, 0.5) is 4.79 Å². The van der Waals surface area contributed by atoms with Gasteiger partial charge in [-0.3, -0.25) is 0 Å². The number of carbonyl (C=O) groups is 1. The standard InChI is InChI=1S/C19H21N5O/c1-4-6-15(5-2)23-19(25)24-9-7-14(8-10-24)17-16-13(3)11-20-18(16)22-12-21-17/h4-7,11-12H,1-2,8-10H2,3H3,(H,23,25)(H,20,21,22)/b15-6+. The van der Waals surface area contributed by atoms with Gasteiger partial charge in [-0.1, -0.05) is 25.3 Å². The van der Waals surface area contributed by atoms with Gasteiger partial charge in [0.25, 0.3) is 0 Å². The van der Waals surface area contributed by atoms with E-state index >= 15 is 0 Å². The molecule has 128 valence electrons.